The van der Waals surface area contributed by atoms with Crippen LogP contribution in [0.5, 0.6) is 0 Å². The third-order valence-electron chi connectivity index (χ3n) is 6.54. The molecule has 1 aromatic heterocycles. The lowest BCUT2D eigenvalue weighted by Gasteiger charge is -2.31. The molecule has 0 spiro atoms. The van der Waals surface area contributed by atoms with Crippen LogP contribution in [0.1, 0.15) is 38.9 Å². The zero-order valence-corrected chi connectivity index (χ0v) is 18.2. The molecule has 1 saturated heterocycles. The Labute approximate surface area is 185 Å². The molecule has 3 aromatic rings. The molecule has 0 radical (unpaired) electrons. The van der Waals surface area contributed by atoms with Crippen LogP contribution >= 0.6 is 0 Å². The second-order valence-corrected chi connectivity index (χ2v) is 8.48. The Bertz CT molecular complexity index is 1260. The number of carbonyl (C=O) groups is 1. The number of hydrogen-bond acceptors (Lipinski definition) is 5. The van der Waals surface area contributed by atoms with E-state index in [1.165, 1.54) is 6.07 Å². The quantitative estimate of drug-likeness (QED) is 0.627. The lowest BCUT2D eigenvalue weighted by molar-refractivity contribution is 0.0314. The largest absolute Gasteiger partial charge is 0.450 e. The van der Waals surface area contributed by atoms with Gasteiger partial charge < -0.3 is 14.1 Å². The lowest BCUT2D eigenvalue weighted by atomic mass is 9.97. The summed E-state index contributed by atoms with van der Waals surface area (Å²) in [6.07, 6.45) is 0. The number of ether oxygens (including phenoxy) is 1. The van der Waals surface area contributed by atoms with Crippen molar-refractivity contribution in [3.63, 3.8) is 0 Å². The Hall–Kier alpha value is -3.03. The maximum atomic E-state index is 14.9. The smallest absolute Gasteiger partial charge is 0.290 e. The summed E-state index contributed by atoms with van der Waals surface area (Å²) in [5.41, 5.74) is 2.56. The van der Waals surface area contributed by atoms with Crippen molar-refractivity contribution in [1.29, 1.82) is 0 Å². The summed E-state index contributed by atoms with van der Waals surface area (Å²) < 4.78 is 26.3. The molecule has 32 heavy (non-hydrogen) atoms. The van der Waals surface area contributed by atoms with E-state index in [0.717, 1.165) is 24.2 Å². The van der Waals surface area contributed by atoms with Gasteiger partial charge in [0.1, 0.15) is 11.4 Å². The zero-order chi connectivity index (χ0) is 22.4. The predicted octanol–water partition coefficient (Wildman–Crippen LogP) is 3.43. The number of nitrogens with zero attached hydrogens (tertiary/aromatic N) is 2. The summed E-state index contributed by atoms with van der Waals surface area (Å²) in [6.45, 7) is 7.67. The number of carbonyl (C=O) groups excluding carboxylic acids is 1. The minimum absolute atomic E-state index is 0.0148. The van der Waals surface area contributed by atoms with Crippen LogP contribution in [-0.2, 0) is 4.74 Å². The summed E-state index contributed by atoms with van der Waals surface area (Å²) in [5, 5.41) is 0.413. The van der Waals surface area contributed by atoms with Gasteiger partial charge in [-0.2, -0.15) is 0 Å². The fourth-order valence-electron chi connectivity index (χ4n) is 4.60. The second kappa shape index (κ2) is 8.15. The Morgan fingerprint density at radius 1 is 1.03 bits per heavy atom. The number of rotatable bonds is 4. The first-order valence-corrected chi connectivity index (χ1v) is 10.9. The van der Waals surface area contributed by atoms with Gasteiger partial charge in [0.15, 0.2) is 5.43 Å². The van der Waals surface area contributed by atoms with E-state index >= 15 is 0 Å². The van der Waals surface area contributed by atoms with Gasteiger partial charge in [0.05, 0.1) is 30.2 Å². The molecule has 6 nitrogen and oxygen atoms in total. The van der Waals surface area contributed by atoms with Gasteiger partial charge in [-0.15, -0.1) is 0 Å². The van der Waals surface area contributed by atoms with Crippen LogP contribution in [0.25, 0.3) is 11.0 Å². The van der Waals surface area contributed by atoms with E-state index in [4.69, 9.17) is 9.15 Å². The molecular weight excluding hydrogens is 411 g/mol. The van der Waals surface area contributed by atoms with Crippen molar-refractivity contribution in [3.8, 4) is 0 Å². The molecule has 0 saturated carbocycles. The van der Waals surface area contributed by atoms with Gasteiger partial charge in [-0.25, -0.2) is 4.39 Å². The van der Waals surface area contributed by atoms with Crippen molar-refractivity contribution in [2.45, 2.75) is 19.9 Å². The summed E-state index contributed by atoms with van der Waals surface area (Å²) >= 11 is 0. The molecule has 1 fully saturated rings. The predicted molar refractivity (Wildman–Crippen MR) is 118 cm³/mol. The number of fused-ring (bicyclic) bond motifs is 2. The van der Waals surface area contributed by atoms with E-state index in [1.807, 2.05) is 13.8 Å². The molecule has 7 heteroatoms. The maximum Gasteiger partial charge on any atom is 0.290 e. The molecule has 1 atom stereocenters. The van der Waals surface area contributed by atoms with Crippen molar-refractivity contribution in [3.05, 3.63) is 80.5 Å². The molecular formula is C25H25FN2O4. The standard InChI is InChI=1S/C25H25FN2O4/c1-15-13-18-20(14-16(15)2)32-24-21(23(18)29)22(17-5-3-4-6-19(17)26)28(25(24)30)8-7-27-9-11-31-12-10-27/h3-6,13-14,22H,7-12H2,1-2H3/t22-/m0/s1. The van der Waals surface area contributed by atoms with Crippen LogP contribution in [0.4, 0.5) is 4.39 Å². The fourth-order valence-corrected chi connectivity index (χ4v) is 4.60. The van der Waals surface area contributed by atoms with E-state index in [0.29, 0.717) is 42.8 Å². The fraction of sp³-hybridized carbons (Fsp3) is 0.360. The number of morpholine rings is 1. The van der Waals surface area contributed by atoms with E-state index in [9.17, 15) is 14.0 Å². The molecule has 2 aromatic carbocycles. The van der Waals surface area contributed by atoms with Crippen molar-refractivity contribution in [2.24, 2.45) is 0 Å². The highest BCUT2D eigenvalue weighted by molar-refractivity contribution is 5.99. The molecule has 1 amide bonds. The van der Waals surface area contributed by atoms with Crippen LogP contribution in [0.2, 0.25) is 0 Å². The first kappa shape index (κ1) is 20.8. The number of halogens is 1. The Morgan fingerprint density at radius 3 is 2.50 bits per heavy atom. The van der Waals surface area contributed by atoms with Gasteiger partial charge in [-0.3, -0.25) is 14.5 Å². The highest BCUT2D eigenvalue weighted by Crippen LogP contribution is 2.39. The van der Waals surface area contributed by atoms with Gasteiger partial charge in [-0.1, -0.05) is 18.2 Å². The van der Waals surface area contributed by atoms with Crippen molar-refractivity contribution in [1.82, 2.24) is 9.80 Å². The third-order valence-corrected chi connectivity index (χ3v) is 6.54. The topological polar surface area (TPSA) is 63.0 Å². The second-order valence-electron chi connectivity index (χ2n) is 8.48. The van der Waals surface area contributed by atoms with Gasteiger partial charge in [0.25, 0.3) is 5.91 Å². The molecule has 2 aliphatic rings. The van der Waals surface area contributed by atoms with Crippen LogP contribution in [0, 0.1) is 19.7 Å². The third kappa shape index (κ3) is 3.42. The summed E-state index contributed by atoms with van der Waals surface area (Å²) in [4.78, 5) is 30.8. The molecule has 0 aliphatic carbocycles. The first-order chi connectivity index (χ1) is 15.5. The SMILES string of the molecule is Cc1cc2oc3c(c(=O)c2cc1C)[C@H](c1ccccc1F)N(CCN1CCOCC1)C3=O. The van der Waals surface area contributed by atoms with Gasteiger partial charge >= 0.3 is 0 Å². The average Bonchev–Trinajstić information content (AvgIpc) is 3.06. The zero-order valence-electron chi connectivity index (χ0n) is 18.2. The lowest BCUT2D eigenvalue weighted by Crippen LogP contribution is -2.42. The molecule has 166 valence electrons. The van der Waals surface area contributed by atoms with Crippen molar-refractivity contribution >= 4 is 16.9 Å². The van der Waals surface area contributed by atoms with Crippen LogP contribution in [0.15, 0.2) is 45.6 Å². The number of amides is 1. The monoisotopic (exact) mass is 436 g/mol. The summed E-state index contributed by atoms with van der Waals surface area (Å²) in [7, 11) is 0. The summed E-state index contributed by atoms with van der Waals surface area (Å²) in [6, 6.07) is 9.06. The Kier molecular flexibility index (Phi) is 5.31. The highest BCUT2D eigenvalue weighted by atomic mass is 19.1. The van der Waals surface area contributed by atoms with E-state index in [-0.39, 0.29) is 22.7 Å². The minimum Gasteiger partial charge on any atom is -0.450 e. The maximum absolute atomic E-state index is 14.9. The van der Waals surface area contributed by atoms with E-state index < -0.39 is 11.9 Å². The van der Waals surface area contributed by atoms with Crippen LogP contribution in [0.3, 0.4) is 0 Å². The van der Waals surface area contributed by atoms with Gasteiger partial charge in [0.2, 0.25) is 5.76 Å². The van der Waals surface area contributed by atoms with Crippen molar-refractivity contribution < 1.29 is 18.3 Å². The van der Waals surface area contributed by atoms with Gasteiger partial charge in [-0.05, 0) is 43.2 Å². The molecule has 3 heterocycles. The summed E-state index contributed by atoms with van der Waals surface area (Å²) in [5.74, 6) is -0.811. The molecule has 0 unspecified atom stereocenters. The molecule has 2 aliphatic heterocycles. The molecule has 0 bridgehead atoms. The number of aryl methyl sites for hydroxylation is 2. The molecule has 5 rings (SSSR count). The number of hydrogen-bond donors (Lipinski definition) is 0. The minimum atomic E-state index is -0.818. The Morgan fingerprint density at radius 2 is 1.75 bits per heavy atom. The normalized spacial score (nSPS) is 19.0. The van der Waals surface area contributed by atoms with E-state index in [2.05, 4.69) is 4.90 Å². The first-order valence-electron chi connectivity index (χ1n) is 10.9. The highest BCUT2D eigenvalue weighted by Gasteiger charge is 2.43. The van der Waals surface area contributed by atoms with Crippen molar-refractivity contribution in [2.75, 3.05) is 39.4 Å². The molecule has 0 N–H and O–H groups in total. The van der Waals surface area contributed by atoms with Crippen LogP contribution in [-0.4, -0.2) is 55.1 Å². The Balaban J connectivity index is 1.64. The van der Waals surface area contributed by atoms with Crippen LogP contribution < -0.4 is 5.43 Å². The number of benzene rings is 2. The average molecular weight is 436 g/mol. The van der Waals surface area contributed by atoms with Gasteiger partial charge in [0, 0.05) is 31.7 Å². The van der Waals surface area contributed by atoms with E-state index in [1.54, 1.807) is 35.2 Å².